The molecule has 1 aliphatic heterocycles. The topological polar surface area (TPSA) is 90.0 Å². The van der Waals surface area contributed by atoms with Crippen LogP contribution in [0.5, 0.6) is 17.2 Å². The molecule has 0 radical (unpaired) electrons. The zero-order chi connectivity index (χ0) is 24.1. The molecule has 3 aromatic rings. The van der Waals surface area contributed by atoms with Gasteiger partial charge in [0, 0.05) is 23.6 Å². The van der Waals surface area contributed by atoms with Crippen LogP contribution >= 0.6 is 11.3 Å². The predicted octanol–water partition coefficient (Wildman–Crippen LogP) is 4.61. The van der Waals surface area contributed by atoms with E-state index in [0.29, 0.717) is 41.2 Å². The van der Waals surface area contributed by atoms with Crippen molar-refractivity contribution >= 4 is 40.0 Å². The number of likely N-dealkylation sites (N-methyl/N-ethyl adjacent to an activating group) is 1. The van der Waals surface area contributed by atoms with Crippen molar-refractivity contribution < 1.29 is 23.8 Å². The Bertz CT molecular complexity index is 1240. The summed E-state index contributed by atoms with van der Waals surface area (Å²) in [7, 11) is 1.57. The van der Waals surface area contributed by atoms with Gasteiger partial charge in [-0.2, -0.15) is 0 Å². The van der Waals surface area contributed by atoms with Crippen molar-refractivity contribution in [3.8, 4) is 28.5 Å². The number of nitrogens with one attached hydrogen (secondary N) is 1. The number of ether oxygens (including phenoxy) is 3. The number of amides is 2. The molecule has 0 spiro atoms. The molecule has 1 aromatic heterocycles. The van der Waals surface area contributed by atoms with Gasteiger partial charge in [-0.3, -0.25) is 14.9 Å². The van der Waals surface area contributed by atoms with Gasteiger partial charge in [-0.15, -0.1) is 11.3 Å². The van der Waals surface area contributed by atoms with Crippen LogP contribution in [0.3, 0.4) is 0 Å². The highest BCUT2D eigenvalue weighted by molar-refractivity contribution is 7.14. The Morgan fingerprint density at radius 2 is 2.09 bits per heavy atom. The second-order valence-corrected chi connectivity index (χ2v) is 8.17. The number of hydrogen-bond donors (Lipinski definition) is 1. The van der Waals surface area contributed by atoms with E-state index >= 15 is 0 Å². The fraction of sp³-hybridized carbons (Fsp3) is 0.240. The lowest BCUT2D eigenvalue weighted by atomic mass is 10.1. The minimum Gasteiger partial charge on any atom is -0.493 e. The van der Waals surface area contributed by atoms with Crippen LogP contribution in [-0.2, 0) is 9.59 Å². The maximum Gasteiger partial charge on any atom is 0.265 e. The molecule has 0 atom stereocenters. The van der Waals surface area contributed by atoms with Crippen LogP contribution in [-0.4, -0.2) is 43.7 Å². The number of benzene rings is 2. The van der Waals surface area contributed by atoms with Crippen molar-refractivity contribution in [2.45, 2.75) is 13.8 Å². The summed E-state index contributed by atoms with van der Waals surface area (Å²) in [5.41, 5.74) is 3.08. The number of hydrogen-bond acceptors (Lipinski definition) is 7. The number of methoxy groups -OCH3 is 1. The van der Waals surface area contributed by atoms with Gasteiger partial charge in [0.15, 0.2) is 23.2 Å². The van der Waals surface area contributed by atoms with Crippen LogP contribution in [0.2, 0.25) is 0 Å². The van der Waals surface area contributed by atoms with E-state index in [-0.39, 0.29) is 18.4 Å². The molecule has 2 amide bonds. The molecular formula is C25H25N3O5S. The molecule has 0 fully saturated rings. The third-order valence-electron chi connectivity index (χ3n) is 5.16. The molecule has 1 N–H and O–H groups in total. The monoisotopic (exact) mass is 479 g/mol. The SMILES string of the molecule is CCOc1ccc(/C=C/C(=O)Nc2nc(-c3ccc4c(c3)N(CC)C(=O)CO4)cs2)cc1OC. The van der Waals surface area contributed by atoms with E-state index in [2.05, 4.69) is 10.3 Å². The summed E-state index contributed by atoms with van der Waals surface area (Å²) in [6.07, 6.45) is 3.14. The molecule has 0 saturated heterocycles. The Hall–Kier alpha value is -3.85. The van der Waals surface area contributed by atoms with Gasteiger partial charge in [0.2, 0.25) is 5.91 Å². The second-order valence-electron chi connectivity index (χ2n) is 7.31. The first-order chi connectivity index (χ1) is 16.5. The highest BCUT2D eigenvalue weighted by Crippen LogP contribution is 2.36. The zero-order valence-corrected chi connectivity index (χ0v) is 20.0. The molecule has 4 rings (SSSR count). The molecule has 2 aromatic carbocycles. The van der Waals surface area contributed by atoms with Crippen molar-refractivity contribution in [2.24, 2.45) is 0 Å². The highest BCUT2D eigenvalue weighted by Gasteiger charge is 2.24. The fourth-order valence-electron chi connectivity index (χ4n) is 3.55. The Kier molecular flexibility index (Phi) is 7.12. The van der Waals surface area contributed by atoms with E-state index in [0.717, 1.165) is 16.8 Å². The summed E-state index contributed by atoms with van der Waals surface area (Å²) in [6.45, 7) is 4.97. The maximum atomic E-state index is 12.4. The van der Waals surface area contributed by atoms with Crippen LogP contribution in [0.1, 0.15) is 19.4 Å². The number of thiazole rings is 1. The number of fused-ring (bicyclic) bond motifs is 1. The molecule has 9 heteroatoms. The maximum absolute atomic E-state index is 12.4. The minimum atomic E-state index is -0.296. The third kappa shape index (κ3) is 5.04. The van der Waals surface area contributed by atoms with E-state index in [1.54, 1.807) is 24.2 Å². The molecule has 0 bridgehead atoms. The van der Waals surface area contributed by atoms with Gasteiger partial charge in [0.05, 0.1) is 25.1 Å². The first kappa shape index (κ1) is 23.3. The van der Waals surface area contributed by atoms with Crippen molar-refractivity contribution in [2.75, 3.05) is 37.1 Å². The summed E-state index contributed by atoms with van der Waals surface area (Å²) in [4.78, 5) is 30.8. The van der Waals surface area contributed by atoms with Crippen LogP contribution in [0.25, 0.3) is 17.3 Å². The molecule has 8 nitrogen and oxygen atoms in total. The van der Waals surface area contributed by atoms with Crippen molar-refractivity contribution in [3.05, 3.63) is 53.4 Å². The molecule has 0 saturated carbocycles. The van der Waals surface area contributed by atoms with E-state index in [1.807, 2.05) is 49.6 Å². The first-order valence-corrected chi connectivity index (χ1v) is 11.7. The minimum absolute atomic E-state index is 0.0457. The summed E-state index contributed by atoms with van der Waals surface area (Å²) < 4.78 is 16.4. The summed E-state index contributed by atoms with van der Waals surface area (Å²) >= 11 is 1.33. The lowest BCUT2D eigenvalue weighted by Crippen LogP contribution is -2.38. The number of rotatable bonds is 8. The van der Waals surface area contributed by atoms with Gasteiger partial charge in [-0.25, -0.2) is 4.98 Å². The molecule has 2 heterocycles. The quantitative estimate of drug-likeness (QED) is 0.475. The molecular weight excluding hydrogens is 454 g/mol. The smallest absolute Gasteiger partial charge is 0.265 e. The summed E-state index contributed by atoms with van der Waals surface area (Å²) in [5.74, 6) is 1.56. The molecule has 1 aliphatic rings. The van der Waals surface area contributed by atoms with E-state index in [1.165, 1.54) is 17.4 Å². The number of anilines is 2. The Balaban J connectivity index is 1.45. The fourth-order valence-corrected chi connectivity index (χ4v) is 4.28. The van der Waals surface area contributed by atoms with E-state index in [9.17, 15) is 9.59 Å². The van der Waals surface area contributed by atoms with E-state index < -0.39 is 0 Å². The van der Waals surface area contributed by atoms with E-state index in [4.69, 9.17) is 14.2 Å². The van der Waals surface area contributed by atoms with Gasteiger partial charge in [-0.05, 0) is 55.8 Å². The van der Waals surface area contributed by atoms with Crippen LogP contribution in [0, 0.1) is 0 Å². The van der Waals surface area contributed by atoms with Gasteiger partial charge in [0.1, 0.15) is 5.75 Å². The number of nitrogens with zero attached hydrogens (tertiary/aromatic N) is 2. The first-order valence-electron chi connectivity index (χ1n) is 10.8. The largest absolute Gasteiger partial charge is 0.493 e. The molecule has 0 unspecified atom stereocenters. The van der Waals surface area contributed by atoms with Gasteiger partial charge < -0.3 is 19.1 Å². The highest BCUT2D eigenvalue weighted by atomic mass is 32.1. The average molecular weight is 480 g/mol. The second kappa shape index (κ2) is 10.4. The van der Waals surface area contributed by atoms with Gasteiger partial charge in [-0.1, -0.05) is 6.07 Å². The lowest BCUT2D eigenvalue weighted by Gasteiger charge is -2.28. The number of carbonyl (C=O) groups is 2. The molecule has 0 aliphatic carbocycles. The van der Waals surface area contributed by atoms with Crippen molar-refractivity contribution in [3.63, 3.8) is 0 Å². The summed E-state index contributed by atoms with van der Waals surface area (Å²) in [6, 6.07) is 11.1. The normalized spacial score (nSPS) is 12.9. The van der Waals surface area contributed by atoms with Gasteiger partial charge in [0.25, 0.3) is 5.91 Å². The zero-order valence-electron chi connectivity index (χ0n) is 19.2. The van der Waals surface area contributed by atoms with Crippen LogP contribution in [0.15, 0.2) is 47.9 Å². The van der Waals surface area contributed by atoms with Gasteiger partial charge >= 0.3 is 0 Å². The summed E-state index contributed by atoms with van der Waals surface area (Å²) in [5, 5.41) is 5.13. The molecule has 34 heavy (non-hydrogen) atoms. The van der Waals surface area contributed by atoms with Crippen molar-refractivity contribution in [1.82, 2.24) is 4.98 Å². The van der Waals surface area contributed by atoms with Crippen molar-refractivity contribution in [1.29, 1.82) is 0 Å². The van der Waals surface area contributed by atoms with Crippen LogP contribution in [0.4, 0.5) is 10.8 Å². The lowest BCUT2D eigenvalue weighted by molar-refractivity contribution is -0.121. The Morgan fingerprint density at radius 1 is 1.24 bits per heavy atom. The van der Waals surface area contributed by atoms with Crippen LogP contribution < -0.4 is 24.4 Å². The predicted molar refractivity (Wildman–Crippen MR) is 133 cm³/mol. The standard InChI is InChI=1S/C25H25N3O5S/c1-4-28-19-13-17(8-10-20(19)33-14-24(28)30)18-15-34-25(26-18)27-23(29)11-7-16-6-9-21(32-5-2)22(12-16)31-3/h6-13,15H,4-5,14H2,1-3H3,(H,26,27,29)/b11-7+. The molecule has 176 valence electrons. The third-order valence-corrected chi connectivity index (χ3v) is 5.92. The Morgan fingerprint density at radius 3 is 2.85 bits per heavy atom. The number of aromatic nitrogens is 1. The Labute approximate surface area is 201 Å². The average Bonchev–Trinajstić information content (AvgIpc) is 3.31. The number of carbonyl (C=O) groups excluding carboxylic acids is 2.